The fourth-order valence-corrected chi connectivity index (χ4v) is 1.87. The number of rotatable bonds is 2. The van der Waals surface area contributed by atoms with E-state index in [-0.39, 0.29) is 0 Å². The van der Waals surface area contributed by atoms with Gasteiger partial charge < -0.3 is 9.32 Å². The van der Waals surface area contributed by atoms with Gasteiger partial charge in [0.2, 0.25) is 0 Å². The molecular formula is C11H19BrN2OS. The molecule has 1 aliphatic heterocycles. The molecule has 0 aliphatic carbocycles. The van der Waals surface area contributed by atoms with Crippen LogP contribution in [0.15, 0.2) is 21.6 Å². The van der Waals surface area contributed by atoms with Crippen molar-refractivity contribution >= 4 is 28.6 Å². The van der Waals surface area contributed by atoms with Crippen LogP contribution in [0.25, 0.3) is 0 Å². The third-order valence-corrected chi connectivity index (χ3v) is 2.86. The van der Waals surface area contributed by atoms with Crippen LogP contribution in [0.3, 0.4) is 0 Å². The molecule has 1 aromatic rings. The lowest BCUT2D eigenvalue weighted by molar-refractivity contribution is 0.138. The van der Waals surface area contributed by atoms with Crippen molar-refractivity contribution in [2.45, 2.75) is 11.6 Å². The van der Waals surface area contributed by atoms with Crippen LogP contribution in [0.1, 0.15) is 5.76 Å². The Morgan fingerprint density at radius 3 is 2.38 bits per heavy atom. The van der Waals surface area contributed by atoms with E-state index in [1.807, 2.05) is 18.0 Å². The molecule has 0 saturated carbocycles. The molecule has 1 aliphatic rings. The zero-order valence-electron chi connectivity index (χ0n) is 9.82. The van der Waals surface area contributed by atoms with E-state index in [1.165, 1.54) is 0 Å². The lowest BCUT2D eigenvalue weighted by Gasteiger charge is -2.31. The van der Waals surface area contributed by atoms with Crippen molar-refractivity contribution in [2.24, 2.45) is 0 Å². The number of hydrogen-bond acceptors (Lipinski definition) is 4. The number of thiol groups is 1. The number of likely N-dealkylation sites (N-methyl/N-ethyl adjacent to an activating group) is 1. The normalized spacial score (nSPS) is 18.0. The summed E-state index contributed by atoms with van der Waals surface area (Å²) in [5.74, 6) is 2.83. The largest absolute Gasteiger partial charge is 0.454 e. The highest BCUT2D eigenvalue weighted by Gasteiger charge is 2.14. The van der Waals surface area contributed by atoms with Crippen LogP contribution >= 0.6 is 28.6 Å². The molecule has 1 saturated heterocycles. The Labute approximate surface area is 111 Å². The van der Waals surface area contributed by atoms with Crippen molar-refractivity contribution in [3.8, 4) is 0 Å². The van der Waals surface area contributed by atoms with Crippen LogP contribution in [0.5, 0.6) is 0 Å². The zero-order valence-corrected chi connectivity index (χ0v) is 12.3. The van der Waals surface area contributed by atoms with Gasteiger partial charge >= 0.3 is 0 Å². The minimum Gasteiger partial charge on any atom is -0.454 e. The molecule has 1 fully saturated rings. The predicted octanol–water partition coefficient (Wildman–Crippen LogP) is 2.33. The van der Waals surface area contributed by atoms with Crippen LogP contribution in [0, 0.1) is 0 Å². The van der Waals surface area contributed by atoms with E-state index in [0.717, 1.165) is 38.5 Å². The molecule has 0 spiro atoms. The van der Waals surface area contributed by atoms with Crippen LogP contribution in [0.4, 0.5) is 0 Å². The summed E-state index contributed by atoms with van der Waals surface area (Å²) in [5, 5.41) is 0.703. The molecule has 1 aromatic heterocycles. The highest BCUT2D eigenvalue weighted by Crippen LogP contribution is 2.14. The Bertz CT molecular complexity index is 298. The number of nitrogens with zero attached hydrogens (tertiary/aromatic N) is 2. The first kappa shape index (κ1) is 14.1. The number of piperazine rings is 1. The molecule has 5 heteroatoms. The van der Waals surface area contributed by atoms with Crippen molar-refractivity contribution in [1.82, 2.24) is 9.80 Å². The van der Waals surface area contributed by atoms with Crippen molar-refractivity contribution in [2.75, 3.05) is 39.1 Å². The van der Waals surface area contributed by atoms with Gasteiger partial charge in [-0.3, -0.25) is 4.90 Å². The van der Waals surface area contributed by atoms with Gasteiger partial charge in [0.15, 0.2) is 5.09 Å². The monoisotopic (exact) mass is 306 g/mol. The summed E-state index contributed by atoms with van der Waals surface area (Å²) >= 11 is 7.08. The molecule has 0 atom stereocenters. The molecule has 0 aromatic carbocycles. The lowest BCUT2D eigenvalue weighted by atomic mass is 10.3. The standard InChI is InChI=1S/C10H16N2OS.CH3Br/c1-11-4-6-12(7-5-11)8-9-2-3-10(14)13-9;1-2/h2-3,14H,4-8H2,1H3;1H3. The second kappa shape index (κ2) is 7.37. The molecule has 0 N–H and O–H groups in total. The van der Waals surface area contributed by atoms with Gasteiger partial charge in [-0.1, -0.05) is 15.9 Å². The van der Waals surface area contributed by atoms with Crippen molar-refractivity contribution in [3.05, 3.63) is 17.9 Å². The van der Waals surface area contributed by atoms with Gasteiger partial charge in [-0.2, -0.15) is 0 Å². The Balaban J connectivity index is 0.000000606. The highest BCUT2D eigenvalue weighted by atomic mass is 79.9. The van der Waals surface area contributed by atoms with Crippen molar-refractivity contribution in [3.63, 3.8) is 0 Å². The summed E-state index contributed by atoms with van der Waals surface area (Å²) in [4.78, 5) is 4.76. The summed E-state index contributed by atoms with van der Waals surface area (Å²) in [6, 6.07) is 3.90. The SMILES string of the molecule is CBr.CN1CCN(Cc2ccc(S)o2)CC1. The quantitative estimate of drug-likeness (QED) is 0.669. The van der Waals surface area contributed by atoms with E-state index >= 15 is 0 Å². The number of furan rings is 1. The van der Waals surface area contributed by atoms with E-state index < -0.39 is 0 Å². The van der Waals surface area contributed by atoms with Gasteiger partial charge in [0.25, 0.3) is 0 Å². The Hall–Kier alpha value is 0.0300. The summed E-state index contributed by atoms with van der Waals surface area (Å²) in [5.41, 5.74) is 0. The molecule has 0 amide bonds. The van der Waals surface area contributed by atoms with E-state index in [4.69, 9.17) is 4.42 Å². The van der Waals surface area contributed by atoms with E-state index in [2.05, 4.69) is 45.4 Å². The summed E-state index contributed by atoms with van der Waals surface area (Å²) < 4.78 is 5.42. The molecule has 0 radical (unpaired) electrons. The maximum atomic E-state index is 5.42. The molecule has 0 bridgehead atoms. The second-order valence-electron chi connectivity index (χ2n) is 3.82. The highest BCUT2D eigenvalue weighted by molar-refractivity contribution is 9.08. The lowest BCUT2D eigenvalue weighted by Crippen LogP contribution is -2.43. The molecule has 92 valence electrons. The van der Waals surface area contributed by atoms with Gasteiger partial charge in [-0.25, -0.2) is 0 Å². The van der Waals surface area contributed by atoms with Crippen LogP contribution < -0.4 is 0 Å². The fraction of sp³-hybridized carbons (Fsp3) is 0.636. The molecule has 2 heterocycles. The maximum Gasteiger partial charge on any atom is 0.157 e. The van der Waals surface area contributed by atoms with Gasteiger partial charge in [0.1, 0.15) is 5.76 Å². The first-order valence-electron chi connectivity index (χ1n) is 5.30. The summed E-state index contributed by atoms with van der Waals surface area (Å²) in [6.07, 6.45) is 0. The van der Waals surface area contributed by atoms with Gasteiger partial charge in [0, 0.05) is 26.2 Å². The first-order chi connectivity index (χ1) is 7.74. The first-order valence-corrected chi connectivity index (χ1v) is 7.34. The zero-order chi connectivity index (χ0) is 12.0. The Morgan fingerprint density at radius 2 is 1.88 bits per heavy atom. The van der Waals surface area contributed by atoms with Gasteiger partial charge in [-0.15, -0.1) is 12.6 Å². The fourth-order valence-electron chi connectivity index (χ4n) is 1.68. The topological polar surface area (TPSA) is 19.6 Å². The van der Waals surface area contributed by atoms with E-state index in [9.17, 15) is 0 Å². The number of halogens is 1. The average Bonchev–Trinajstić information content (AvgIpc) is 2.70. The molecular weight excluding hydrogens is 288 g/mol. The third kappa shape index (κ3) is 4.49. The van der Waals surface area contributed by atoms with E-state index in [0.29, 0.717) is 5.09 Å². The second-order valence-corrected chi connectivity index (χ2v) is 4.26. The van der Waals surface area contributed by atoms with Crippen molar-refractivity contribution in [1.29, 1.82) is 0 Å². The van der Waals surface area contributed by atoms with Crippen LogP contribution in [-0.2, 0) is 6.54 Å². The molecule has 3 nitrogen and oxygen atoms in total. The average molecular weight is 307 g/mol. The molecule has 2 rings (SSSR count). The maximum absolute atomic E-state index is 5.42. The number of alkyl halides is 1. The minimum atomic E-state index is 0.703. The van der Waals surface area contributed by atoms with Crippen molar-refractivity contribution < 1.29 is 4.42 Å². The summed E-state index contributed by atoms with van der Waals surface area (Å²) in [7, 11) is 2.16. The van der Waals surface area contributed by atoms with Crippen LogP contribution in [0.2, 0.25) is 0 Å². The van der Waals surface area contributed by atoms with Crippen LogP contribution in [-0.4, -0.2) is 48.9 Å². The predicted molar refractivity (Wildman–Crippen MR) is 73.6 cm³/mol. The van der Waals surface area contributed by atoms with Gasteiger partial charge in [-0.05, 0) is 25.0 Å². The smallest absolute Gasteiger partial charge is 0.157 e. The molecule has 0 unspecified atom stereocenters. The summed E-state index contributed by atoms with van der Waals surface area (Å²) in [6.45, 7) is 5.45. The third-order valence-electron chi connectivity index (χ3n) is 2.62. The molecule has 16 heavy (non-hydrogen) atoms. The number of hydrogen-bond donors (Lipinski definition) is 1. The van der Waals surface area contributed by atoms with E-state index in [1.54, 1.807) is 0 Å². The Kier molecular flexibility index (Phi) is 6.49. The minimum absolute atomic E-state index is 0.703. The van der Waals surface area contributed by atoms with Gasteiger partial charge in [0.05, 0.1) is 6.54 Å². The Morgan fingerprint density at radius 1 is 1.25 bits per heavy atom.